The molecule has 86 valence electrons. The Balaban J connectivity index is 2.52. The highest BCUT2D eigenvalue weighted by atomic mass is 16.5. The average Bonchev–Trinajstić information content (AvgIpc) is 2.35. The van der Waals surface area contributed by atoms with Gasteiger partial charge in [-0.05, 0) is 12.1 Å². The van der Waals surface area contributed by atoms with Crippen LogP contribution in [0, 0.1) is 0 Å². The van der Waals surface area contributed by atoms with E-state index in [0.717, 1.165) is 0 Å². The van der Waals surface area contributed by atoms with E-state index < -0.39 is 0 Å². The van der Waals surface area contributed by atoms with Gasteiger partial charge in [0.05, 0.1) is 13.5 Å². The predicted octanol–water partition coefficient (Wildman–Crippen LogP) is 1.32. The zero-order chi connectivity index (χ0) is 12.0. The van der Waals surface area contributed by atoms with Gasteiger partial charge in [0.2, 0.25) is 0 Å². The molecule has 0 saturated carbocycles. The molecule has 0 aliphatic heterocycles. The molecule has 1 amide bonds. The summed E-state index contributed by atoms with van der Waals surface area (Å²) >= 11 is 0. The molecule has 0 radical (unpaired) electrons. The van der Waals surface area contributed by atoms with Crippen molar-refractivity contribution in [2.24, 2.45) is 0 Å². The molecular weight excluding hydrogens is 206 g/mol. The van der Waals surface area contributed by atoms with E-state index in [4.69, 9.17) is 0 Å². The van der Waals surface area contributed by atoms with E-state index in [1.807, 2.05) is 6.07 Å². The number of hydrogen-bond donors (Lipinski definition) is 0. The lowest BCUT2D eigenvalue weighted by atomic mass is 10.2. The Hall–Kier alpha value is -1.84. The summed E-state index contributed by atoms with van der Waals surface area (Å²) in [5.41, 5.74) is 0.620. The molecular formula is C12H15NO3. The van der Waals surface area contributed by atoms with Gasteiger partial charge in [0.15, 0.2) is 0 Å². The standard InChI is InChI=1S/C12H15NO3/c1-13(9-8-11(14)16-2)12(15)10-6-4-3-5-7-10/h3-7H,8-9H2,1-2H3. The molecule has 0 bridgehead atoms. The van der Waals surface area contributed by atoms with Crippen LogP contribution in [-0.4, -0.2) is 37.5 Å². The fourth-order valence-electron chi connectivity index (χ4n) is 1.26. The van der Waals surface area contributed by atoms with Crippen molar-refractivity contribution in [3.63, 3.8) is 0 Å². The molecule has 1 aromatic rings. The molecule has 4 nitrogen and oxygen atoms in total. The number of amides is 1. The molecule has 1 rings (SSSR count). The molecule has 0 N–H and O–H groups in total. The summed E-state index contributed by atoms with van der Waals surface area (Å²) in [5, 5.41) is 0. The van der Waals surface area contributed by atoms with Crippen LogP contribution in [0.25, 0.3) is 0 Å². The Bertz CT molecular complexity index is 362. The van der Waals surface area contributed by atoms with Crippen molar-refractivity contribution in [2.75, 3.05) is 20.7 Å². The third-order valence-corrected chi connectivity index (χ3v) is 2.25. The van der Waals surface area contributed by atoms with Crippen LogP contribution in [0.4, 0.5) is 0 Å². The number of benzene rings is 1. The first-order chi connectivity index (χ1) is 7.65. The van der Waals surface area contributed by atoms with E-state index in [1.165, 1.54) is 12.0 Å². The second-order valence-electron chi connectivity index (χ2n) is 3.42. The van der Waals surface area contributed by atoms with E-state index in [2.05, 4.69) is 4.74 Å². The highest BCUT2D eigenvalue weighted by Crippen LogP contribution is 2.03. The van der Waals surface area contributed by atoms with Crippen LogP contribution in [0.15, 0.2) is 30.3 Å². The van der Waals surface area contributed by atoms with Gasteiger partial charge in [-0.15, -0.1) is 0 Å². The monoisotopic (exact) mass is 221 g/mol. The second kappa shape index (κ2) is 5.90. The van der Waals surface area contributed by atoms with E-state index in [9.17, 15) is 9.59 Å². The summed E-state index contributed by atoms with van der Waals surface area (Å²) < 4.78 is 4.51. The van der Waals surface area contributed by atoms with Gasteiger partial charge in [0, 0.05) is 19.2 Å². The molecule has 0 fully saturated rings. The first-order valence-electron chi connectivity index (χ1n) is 5.02. The van der Waals surface area contributed by atoms with Crippen molar-refractivity contribution >= 4 is 11.9 Å². The smallest absolute Gasteiger partial charge is 0.307 e. The van der Waals surface area contributed by atoms with Crippen LogP contribution < -0.4 is 0 Å². The predicted molar refractivity (Wildman–Crippen MR) is 60.0 cm³/mol. The number of hydrogen-bond acceptors (Lipinski definition) is 3. The van der Waals surface area contributed by atoms with Crippen molar-refractivity contribution in [3.05, 3.63) is 35.9 Å². The number of carbonyl (C=O) groups is 2. The molecule has 0 aromatic heterocycles. The molecule has 4 heteroatoms. The normalized spacial score (nSPS) is 9.62. The van der Waals surface area contributed by atoms with Gasteiger partial charge in [-0.25, -0.2) is 0 Å². The van der Waals surface area contributed by atoms with E-state index >= 15 is 0 Å². The van der Waals surface area contributed by atoms with Crippen LogP contribution in [0.1, 0.15) is 16.8 Å². The Morgan fingerprint density at radius 3 is 2.44 bits per heavy atom. The van der Waals surface area contributed by atoms with E-state index in [1.54, 1.807) is 31.3 Å². The highest BCUT2D eigenvalue weighted by Gasteiger charge is 2.12. The number of rotatable bonds is 4. The molecule has 0 aliphatic rings. The molecule has 1 aromatic carbocycles. The first kappa shape index (κ1) is 12.2. The fraction of sp³-hybridized carbons (Fsp3) is 0.333. The summed E-state index contributed by atoms with van der Waals surface area (Å²) in [7, 11) is 3.00. The Morgan fingerprint density at radius 2 is 1.88 bits per heavy atom. The lowest BCUT2D eigenvalue weighted by Gasteiger charge is -2.16. The number of esters is 1. The van der Waals surface area contributed by atoms with Crippen LogP contribution >= 0.6 is 0 Å². The molecule has 16 heavy (non-hydrogen) atoms. The first-order valence-corrected chi connectivity index (χ1v) is 5.02. The van der Waals surface area contributed by atoms with Gasteiger partial charge in [0.25, 0.3) is 5.91 Å². The summed E-state index contributed by atoms with van der Waals surface area (Å²) in [6, 6.07) is 8.96. The molecule has 0 saturated heterocycles. The van der Waals surface area contributed by atoms with Gasteiger partial charge in [-0.3, -0.25) is 9.59 Å². The maximum atomic E-state index is 11.8. The summed E-state index contributed by atoms with van der Waals surface area (Å²) in [6.45, 7) is 0.362. The lowest BCUT2D eigenvalue weighted by Crippen LogP contribution is -2.29. The Morgan fingerprint density at radius 1 is 1.25 bits per heavy atom. The summed E-state index contributed by atoms with van der Waals surface area (Å²) in [4.78, 5) is 24.2. The summed E-state index contributed by atoms with van der Waals surface area (Å²) in [6.07, 6.45) is 0.214. The Labute approximate surface area is 94.8 Å². The molecule has 0 unspecified atom stereocenters. The van der Waals surface area contributed by atoms with Crippen LogP contribution in [0.5, 0.6) is 0 Å². The highest BCUT2D eigenvalue weighted by molar-refractivity contribution is 5.94. The van der Waals surface area contributed by atoms with Crippen LogP contribution in [-0.2, 0) is 9.53 Å². The van der Waals surface area contributed by atoms with Crippen molar-refractivity contribution in [1.29, 1.82) is 0 Å². The zero-order valence-corrected chi connectivity index (χ0v) is 9.47. The molecule has 0 spiro atoms. The van der Waals surface area contributed by atoms with Gasteiger partial charge in [-0.1, -0.05) is 18.2 Å². The number of ether oxygens (including phenoxy) is 1. The van der Waals surface area contributed by atoms with Gasteiger partial charge in [-0.2, -0.15) is 0 Å². The average molecular weight is 221 g/mol. The number of carbonyl (C=O) groups excluding carboxylic acids is 2. The third kappa shape index (κ3) is 3.38. The van der Waals surface area contributed by atoms with E-state index in [0.29, 0.717) is 12.1 Å². The maximum absolute atomic E-state index is 11.8. The Kier molecular flexibility index (Phi) is 4.51. The van der Waals surface area contributed by atoms with E-state index in [-0.39, 0.29) is 18.3 Å². The summed E-state index contributed by atoms with van der Waals surface area (Å²) in [5.74, 6) is -0.405. The van der Waals surface area contributed by atoms with Crippen molar-refractivity contribution < 1.29 is 14.3 Å². The van der Waals surface area contributed by atoms with Crippen molar-refractivity contribution in [1.82, 2.24) is 4.90 Å². The second-order valence-corrected chi connectivity index (χ2v) is 3.42. The van der Waals surface area contributed by atoms with Crippen LogP contribution in [0.3, 0.4) is 0 Å². The largest absolute Gasteiger partial charge is 0.469 e. The maximum Gasteiger partial charge on any atom is 0.307 e. The zero-order valence-electron chi connectivity index (χ0n) is 9.47. The minimum Gasteiger partial charge on any atom is -0.469 e. The molecule has 0 atom stereocenters. The fourth-order valence-corrected chi connectivity index (χ4v) is 1.26. The quantitative estimate of drug-likeness (QED) is 0.720. The topological polar surface area (TPSA) is 46.6 Å². The van der Waals surface area contributed by atoms with Gasteiger partial charge >= 0.3 is 5.97 Å². The minimum atomic E-state index is -0.312. The number of methoxy groups -OCH3 is 1. The molecule has 0 heterocycles. The minimum absolute atomic E-state index is 0.0931. The van der Waals surface area contributed by atoms with Crippen molar-refractivity contribution in [3.8, 4) is 0 Å². The van der Waals surface area contributed by atoms with Crippen LogP contribution in [0.2, 0.25) is 0 Å². The van der Waals surface area contributed by atoms with Gasteiger partial charge < -0.3 is 9.64 Å². The van der Waals surface area contributed by atoms with Crippen molar-refractivity contribution in [2.45, 2.75) is 6.42 Å². The third-order valence-electron chi connectivity index (χ3n) is 2.25. The molecule has 0 aliphatic carbocycles. The van der Waals surface area contributed by atoms with Gasteiger partial charge in [0.1, 0.15) is 0 Å². The number of nitrogens with zero attached hydrogens (tertiary/aromatic N) is 1. The lowest BCUT2D eigenvalue weighted by molar-refractivity contribution is -0.140. The SMILES string of the molecule is COC(=O)CCN(C)C(=O)c1ccccc1.